The number of hydrogen-bond acceptors (Lipinski definition) is 5. The van der Waals surface area contributed by atoms with Gasteiger partial charge in [-0.3, -0.25) is 9.88 Å². The zero-order valence-electron chi connectivity index (χ0n) is 17.7. The molecule has 0 spiro atoms. The Morgan fingerprint density at radius 3 is 2.59 bits per heavy atom. The van der Waals surface area contributed by atoms with Crippen molar-refractivity contribution in [3.8, 4) is 5.88 Å². The van der Waals surface area contributed by atoms with Gasteiger partial charge in [-0.25, -0.2) is 4.98 Å². The lowest BCUT2D eigenvalue weighted by molar-refractivity contribution is -0.154. The molecule has 4 rings (SSSR count). The molecule has 0 saturated heterocycles. The Morgan fingerprint density at radius 1 is 1.06 bits per heavy atom. The highest BCUT2D eigenvalue weighted by atomic mass is 32.2. The number of rotatable bonds is 7. The molecule has 0 saturated carbocycles. The number of ether oxygens (including phenoxy) is 1. The van der Waals surface area contributed by atoms with E-state index in [1.54, 1.807) is 0 Å². The van der Waals surface area contributed by atoms with Crippen LogP contribution < -0.4 is 4.74 Å². The van der Waals surface area contributed by atoms with E-state index in [4.69, 9.17) is 0 Å². The molecule has 2 aromatic carbocycles. The summed E-state index contributed by atoms with van der Waals surface area (Å²) in [4.78, 5) is 11.8. The monoisotopic (exact) mass is 459 g/mol. The minimum absolute atomic E-state index is 0.00653. The van der Waals surface area contributed by atoms with E-state index in [1.807, 2.05) is 24.8 Å². The maximum Gasteiger partial charge on any atom is 0.422 e. The summed E-state index contributed by atoms with van der Waals surface area (Å²) >= 11 is 1.83. The van der Waals surface area contributed by atoms with Gasteiger partial charge < -0.3 is 4.74 Å². The SMILES string of the molecule is C[C@H](c1cnc(OCC(F)(F)F)cn1)N1CCc2ccc(SCc3ccccc3)cc2C1. The van der Waals surface area contributed by atoms with Crippen LogP contribution in [0.1, 0.15) is 35.3 Å². The Labute approximate surface area is 189 Å². The van der Waals surface area contributed by atoms with Crippen molar-refractivity contribution in [2.75, 3.05) is 13.2 Å². The summed E-state index contributed by atoms with van der Waals surface area (Å²) < 4.78 is 41.5. The average Bonchev–Trinajstić information content (AvgIpc) is 2.81. The van der Waals surface area contributed by atoms with Crippen molar-refractivity contribution < 1.29 is 17.9 Å². The first-order chi connectivity index (χ1) is 15.4. The summed E-state index contributed by atoms with van der Waals surface area (Å²) in [5.41, 5.74) is 4.67. The Morgan fingerprint density at radius 2 is 1.88 bits per heavy atom. The van der Waals surface area contributed by atoms with Crippen molar-refractivity contribution in [1.29, 1.82) is 0 Å². The van der Waals surface area contributed by atoms with Gasteiger partial charge in [-0.1, -0.05) is 36.4 Å². The molecular weight excluding hydrogens is 435 g/mol. The second kappa shape index (κ2) is 9.92. The normalized spacial score (nSPS) is 15.2. The van der Waals surface area contributed by atoms with Gasteiger partial charge in [0.15, 0.2) is 6.61 Å². The molecule has 0 fully saturated rings. The smallest absolute Gasteiger partial charge is 0.422 e. The Bertz CT molecular complexity index is 1030. The Kier molecular flexibility index (Phi) is 7.01. The number of aromatic nitrogens is 2. The number of nitrogens with zero attached hydrogens (tertiary/aromatic N) is 3. The predicted molar refractivity (Wildman–Crippen MR) is 119 cm³/mol. The third-order valence-corrected chi connectivity index (χ3v) is 6.54. The molecule has 1 aliphatic heterocycles. The van der Waals surface area contributed by atoms with Crippen LogP contribution >= 0.6 is 11.8 Å². The maximum absolute atomic E-state index is 12.3. The lowest BCUT2D eigenvalue weighted by Crippen LogP contribution is -2.33. The summed E-state index contributed by atoms with van der Waals surface area (Å²) in [6.45, 7) is 2.35. The molecule has 3 aromatic rings. The van der Waals surface area contributed by atoms with Gasteiger partial charge in [0.2, 0.25) is 5.88 Å². The third-order valence-electron chi connectivity index (χ3n) is 5.48. The molecule has 8 heteroatoms. The first kappa shape index (κ1) is 22.6. The van der Waals surface area contributed by atoms with Crippen molar-refractivity contribution >= 4 is 11.8 Å². The third kappa shape index (κ3) is 6.01. The fourth-order valence-corrected chi connectivity index (χ4v) is 4.59. The van der Waals surface area contributed by atoms with Crippen LogP contribution in [0, 0.1) is 0 Å². The average molecular weight is 460 g/mol. The number of alkyl halides is 3. The molecule has 0 radical (unpaired) electrons. The Hall–Kier alpha value is -2.58. The van der Waals surface area contributed by atoms with Crippen molar-refractivity contribution in [2.24, 2.45) is 0 Å². The van der Waals surface area contributed by atoms with Gasteiger partial charge in [0.25, 0.3) is 0 Å². The minimum Gasteiger partial charge on any atom is -0.467 e. The van der Waals surface area contributed by atoms with Crippen LogP contribution in [0.15, 0.2) is 65.8 Å². The lowest BCUT2D eigenvalue weighted by atomic mass is 9.98. The number of thioether (sulfide) groups is 1. The Balaban J connectivity index is 1.38. The number of fused-ring (bicyclic) bond motifs is 1. The molecular formula is C24H24F3N3OS. The molecule has 168 valence electrons. The van der Waals surface area contributed by atoms with E-state index >= 15 is 0 Å². The van der Waals surface area contributed by atoms with Gasteiger partial charge in [0, 0.05) is 23.7 Å². The molecule has 1 aromatic heterocycles. The molecule has 0 unspecified atom stereocenters. The molecule has 0 amide bonds. The second-order valence-electron chi connectivity index (χ2n) is 7.78. The van der Waals surface area contributed by atoms with Crippen molar-refractivity contribution in [3.05, 3.63) is 83.3 Å². The van der Waals surface area contributed by atoms with Crippen molar-refractivity contribution in [1.82, 2.24) is 14.9 Å². The standard InChI is InChI=1S/C24H24F3N3OS/c1-17(22-12-29-23(13-28-22)31-16-24(25,26)27)30-10-9-19-7-8-21(11-20(19)14-30)32-15-18-5-3-2-4-6-18/h2-8,11-13,17H,9-10,14-16H2,1H3/t17-/m1/s1. The maximum atomic E-state index is 12.3. The van der Waals surface area contributed by atoms with Gasteiger partial charge >= 0.3 is 6.18 Å². The van der Waals surface area contributed by atoms with Gasteiger partial charge in [0.05, 0.1) is 24.1 Å². The topological polar surface area (TPSA) is 38.3 Å². The fraction of sp³-hybridized carbons (Fsp3) is 0.333. The number of halogens is 3. The molecule has 1 atom stereocenters. The quantitative estimate of drug-likeness (QED) is 0.416. The van der Waals surface area contributed by atoms with Gasteiger partial charge in [-0.2, -0.15) is 13.2 Å². The van der Waals surface area contributed by atoms with E-state index in [9.17, 15) is 13.2 Å². The predicted octanol–water partition coefficient (Wildman–Crippen LogP) is 5.83. The van der Waals surface area contributed by atoms with Crippen LogP contribution in [0.2, 0.25) is 0 Å². The molecule has 0 N–H and O–H groups in total. The van der Waals surface area contributed by atoms with Gasteiger partial charge in [-0.05, 0) is 42.2 Å². The van der Waals surface area contributed by atoms with E-state index in [1.165, 1.54) is 34.0 Å². The molecule has 32 heavy (non-hydrogen) atoms. The van der Waals surface area contributed by atoms with E-state index in [-0.39, 0.29) is 11.9 Å². The summed E-state index contributed by atoms with van der Waals surface area (Å²) in [7, 11) is 0. The summed E-state index contributed by atoms with van der Waals surface area (Å²) in [6.07, 6.45) is -0.692. The van der Waals surface area contributed by atoms with E-state index in [0.29, 0.717) is 5.69 Å². The highest BCUT2D eigenvalue weighted by molar-refractivity contribution is 7.98. The first-order valence-corrected chi connectivity index (χ1v) is 11.4. The summed E-state index contributed by atoms with van der Waals surface area (Å²) in [5, 5.41) is 0. The van der Waals surface area contributed by atoms with E-state index < -0.39 is 12.8 Å². The number of hydrogen-bond donors (Lipinski definition) is 0. The molecule has 0 bridgehead atoms. The largest absolute Gasteiger partial charge is 0.467 e. The molecule has 0 aliphatic carbocycles. The molecule has 2 heterocycles. The highest BCUT2D eigenvalue weighted by Gasteiger charge is 2.29. The fourth-order valence-electron chi connectivity index (χ4n) is 3.68. The van der Waals surface area contributed by atoms with E-state index in [0.717, 1.165) is 25.3 Å². The van der Waals surface area contributed by atoms with Crippen LogP contribution in [-0.4, -0.2) is 34.2 Å². The lowest BCUT2D eigenvalue weighted by Gasteiger charge is -2.33. The number of benzene rings is 2. The molecule has 1 aliphatic rings. The van der Waals surface area contributed by atoms with Gasteiger partial charge in [-0.15, -0.1) is 11.8 Å². The van der Waals surface area contributed by atoms with Crippen LogP contribution in [0.4, 0.5) is 13.2 Å². The first-order valence-electron chi connectivity index (χ1n) is 10.4. The second-order valence-corrected chi connectivity index (χ2v) is 8.83. The van der Waals surface area contributed by atoms with Crippen LogP contribution in [0.25, 0.3) is 0 Å². The summed E-state index contributed by atoms with van der Waals surface area (Å²) in [6, 6.07) is 17.1. The minimum atomic E-state index is -4.40. The van der Waals surface area contributed by atoms with Crippen LogP contribution in [0.5, 0.6) is 5.88 Å². The van der Waals surface area contributed by atoms with E-state index in [2.05, 4.69) is 62.1 Å². The van der Waals surface area contributed by atoms with Crippen molar-refractivity contribution in [3.63, 3.8) is 0 Å². The highest BCUT2D eigenvalue weighted by Crippen LogP contribution is 2.31. The zero-order chi connectivity index (χ0) is 22.6. The van der Waals surface area contributed by atoms with Crippen molar-refractivity contribution in [2.45, 2.75) is 42.8 Å². The van der Waals surface area contributed by atoms with Gasteiger partial charge in [0.1, 0.15) is 0 Å². The molecule has 4 nitrogen and oxygen atoms in total. The van der Waals surface area contributed by atoms with Crippen LogP contribution in [0.3, 0.4) is 0 Å². The summed E-state index contributed by atoms with van der Waals surface area (Å²) in [5.74, 6) is 0.806. The van der Waals surface area contributed by atoms with Crippen LogP contribution in [-0.2, 0) is 18.7 Å². The zero-order valence-corrected chi connectivity index (χ0v) is 18.5.